The number of benzene rings is 1. The van der Waals surface area contributed by atoms with Crippen molar-refractivity contribution < 1.29 is 13.5 Å². The number of rotatable bonds is 8. The van der Waals surface area contributed by atoms with Crippen LogP contribution in [0.2, 0.25) is 0 Å². The summed E-state index contributed by atoms with van der Waals surface area (Å²) in [6.07, 6.45) is -2.35. The molecule has 1 aromatic rings. The molecule has 0 heterocycles. The standard InChI is InChI=1S/C12H15BrClF2NO/c13-10-1-3-11(4-2-10)18-8-7-17(6-5-14)9-12(15)16/h1-4,12H,5-9H2. The van der Waals surface area contributed by atoms with Gasteiger partial charge < -0.3 is 4.74 Å². The number of ether oxygens (including phenoxy) is 1. The van der Waals surface area contributed by atoms with Gasteiger partial charge in [0.25, 0.3) is 6.43 Å². The summed E-state index contributed by atoms with van der Waals surface area (Å²) in [5.74, 6) is 1.06. The summed E-state index contributed by atoms with van der Waals surface area (Å²) in [5, 5.41) is 0. The van der Waals surface area contributed by atoms with E-state index < -0.39 is 6.43 Å². The average molecular weight is 343 g/mol. The second kappa shape index (κ2) is 8.67. The minimum absolute atomic E-state index is 0.267. The molecule has 0 aliphatic carbocycles. The van der Waals surface area contributed by atoms with Gasteiger partial charge >= 0.3 is 0 Å². The summed E-state index contributed by atoms with van der Waals surface area (Å²) in [5.41, 5.74) is 0. The van der Waals surface area contributed by atoms with Crippen molar-refractivity contribution in [1.29, 1.82) is 0 Å². The van der Waals surface area contributed by atoms with Gasteiger partial charge in [-0.25, -0.2) is 8.78 Å². The second-order valence-corrected chi connectivity index (χ2v) is 4.98. The Labute approximate surface area is 119 Å². The van der Waals surface area contributed by atoms with E-state index >= 15 is 0 Å². The van der Waals surface area contributed by atoms with Gasteiger partial charge in [0.05, 0.1) is 6.54 Å². The Morgan fingerprint density at radius 2 is 1.89 bits per heavy atom. The first-order valence-electron chi connectivity index (χ1n) is 5.56. The lowest BCUT2D eigenvalue weighted by Gasteiger charge is -2.20. The molecule has 0 amide bonds. The van der Waals surface area contributed by atoms with E-state index in [2.05, 4.69) is 15.9 Å². The number of hydrogen-bond donors (Lipinski definition) is 0. The van der Waals surface area contributed by atoms with Crippen molar-refractivity contribution in [3.63, 3.8) is 0 Å². The maximum absolute atomic E-state index is 12.3. The van der Waals surface area contributed by atoms with Crippen LogP contribution in [0.15, 0.2) is 28.7 Å². The Hall–Kier alpha value is -0.390. The number of hydrogen-bond acceptors (Lipinski definition) is 2. The zero-order valence-electron chi connectivity index (χ0n) is 9.79. The first-order chi connectivity index (χ1) is 8.61. The predicted molar refractivity (Wildman–Crippen MR) is 72.8 cm³/mol. The van der Waals surface area contributed by atoms with E-state index in [1.807, 2.05) is 24.3 Å². The normalized spacial score (nSPS) is 11.2. The summed E-state index contributed by atoms with van der Waals surface area (Å²) >= 11 is 8.88. The number of nitrogens with zero attached hydrogens (tertiary/aromatic N) is 1. The highest BCUT2D eigenvalue weighted by Gasteiger charge is 2.11. The number of alkyl halides is 3. The molecule has 18 heavy (non-hydrogen) atoms. The molecule has 0 aliphatic rings. The number of halogens is 4. The molecule has 6 heteroatoms. The van der Waals surface area contributed by atoms with Crippen LogP contribution in [0, 0.1) is 0 Å². The van der Waals surface area contributed by atoms with Gasteiger partial charge in [0, 0.05) is 23.4 Å². The highest BCUT2D eigenvalue weighted by Crippen LogP contribution is 2.15. The average Bonchev–Trinajstić information content (AvgIpc) is 2.31. The zero-order chi connectivity index (χ0) is 13.4. The Bertz CT molecular complexity index is 337. The molecular formula is C12H15BrClF2NO. The molecule has 0 radical (unpaired) electrons. The smallest absolute Gasteiger partial charge is 0.251 e. The van der Waals surface area contributed by atoms with Crippen LogP contribution in [-0.4, -0.2) is 43.4 Å². The van der Waals surface area contributed by atoms with E-state index in [4.69, 9.17) is 16.3 Å². The van der Waals surface area contributed by atoms with E-state index in [9.17, 15) is 8.78 Å². The fourth-order valence-corrected chi connectivity index (χ4v) is 1.94. The van der Waals surface area contributed by atoms with Crippen LogP contribution in [0.3, 0.4) is 0 Å². The van der Waals surface area contributed by atoms with Gasteiger partial charge in [-0.2, -0.15) is 0 Å². The van der Waals surface area contributed by atoms with Crippen molar-refractivity contribution in [3.05, 3.63) is 28.7 Å². The van der Waals surface area contributed by atoms with Gasteiger partial charge in [0.1, 0.15) is 12.4 Å². The van der Waals surface area contributed by atoms with Crippen molar-refractivity contribution in [1.82, 2.24) is 4.90 Å². The Morgan fingerprint density at radius 3 is 2.44 bits per heavy atom. The largest absolute Gasteiger partial charge is 0.492 e. The molecule has 0 aliphatic heterocycles. The van der Waals surface area contributed by atoms with Gasteiger partial charge in [-0.3, -0.25) is 4.90 Å². The third kappa shape index (κ3) is 6.52. The third-order valence-electron chi connectivity index (χ3n) is 2.29. The molecule has 0 N–H and O–H groups in total. The van der Waals surface area contributed by atoms with Gasteiger partial charge in [-0.15, -0.1) is 11.6 Å². The summed E-state index contributed by atoms with van der Waals surface area (Å²) < 4.78 is 31.0. The van der Waals surface area contributed by atoms with E-state index in [0.29, 0.717) is 25.6 Å². The molecule has 0 spiro atoms. The van der Waals surface area contributed by atoms with Crippen LogP contribution < -0.4 is 4.74 Å². The lowest BCUT2D eigenvalue weighted by Crippen LogP contribution is -2.34. The first kappa shape index (κ1) is 15.7. The molecule has 102 valence electrons. The minimum atomic E-state index is -2.35. The highest BCUT2D eigenvalue weighted by atomic mass is 79.9. The van der Waals surface area contributed by atoms with Crippen molar-refractivity contribution in [3.8, 4) is 5.75 Å². The van der Waals surface area contributed by atoms with Crippen molar-refractivity contribution in [2.24, 2.45) is 0 Å². The fraction of sp³-hybridized carbons (Fsp3) is 0.500. The maximum Gasteiger partial charge on any atom is 0.251 e. The van der Waals surface area contributed by atoms with E-state index in [0.717, 1.165) is 10.2 Å². The van der Waals surface area contributed by atoms with Crippen LogP contribution in [0.1, 0.15) is 0 Å². The quantitative estimate of drug-likeness (QED) is 0.669. The van der Waals surface area contributed by atoms with Crippen molar-refractivity contribution in [2.75, 3.05) is 32.1 Å². The minimum Gasteiger partial charge on any atom is -0.492 e. The lowest BCUT2D eigenvalue weighted by molar-refractivity contribution is 0.0837. The zero-order valence-corrected chi connectivity index (χ0v) is 12.1. The molecule has 0 atom stereocenters. The Kier molecular flexibility index (Phi) is 7.54. The van der Waals surface area contributed by atoms with Crippen molar-refractivity contribution >= 4 is 27.5 Å². The first-order valence-corrected chi connectivity index (χ1v) is 6.89. The summed E-state index contributed by atoms with van der Waals surface area (Å²) in [4.78, 5) is 1.59. The maximum atomic E-state index is 12.3. The van der Waals surface area contributed by atoms with Gasteiger partial charge in [0.15, 0.2) is 0 Å². The fourth-order valence-electron chi connectivity index (χ4n) is 1.43. The Morgan fingerprint density at radius 1 is 1.22 bits per heavy atom. The van der Waals surface area contributed by atoms with Gasteiger partial charge in [-0.05, 0) is 24.3 Å². The summed E-state index contributed by atoms with van der Waals surface area (Å²) in [6.45, 7) is 0.977. The van der Waals surface area contributed by atoms with Crippen LogP contribution in [0.25, 0.3) is 0 Å². The monoisotopic (exact) mass is 341 g/mol. The topological polar surface area (TPSA) is 12.5 Å². The van der Waals surface area contributed by atoms with Gasteiger partial charge in [0.2, 0.25) is 0 Å². The second-order valence-electron chi connectivity index (χ2n) is 3.68. The van der Waals surface area contributed by atoms with Crippen LogP contribution >= 0.6 is 27.5 Å². The highest BCUT2D eigenvalue weighted by molar-refractivity contribution is 9.10. The van der Waals surface area contributed by atoms with Gasteiger partial charge in [-0.1, -0.05) is 15.9 Å². The molecular weight excluding hydrogens is 327 g/mol. The third-order valence-corrected chi connectivity index (χ3v) is 2.98. The molecule has 1 rings (SSSR count). The molecule has 2 nitrogen and oxygen atoms in total. The lowest BCUT2D eigenvalue weighted by atomic mass is 10.3. The van der Waals surface area contributed by atoms with E-state index in [1.54, 1.807) is 4.90 Å². The van der Waals surface area contributed by atoms with Crippen LogP contribution in [0.4, 0.5) is 8.78 Å². The molecule has 0 unspecified atom stereocenters. The van der Waals surface area contributed by atoms with E-state index in [1.165, 1.54) is 0 Å². The molecule has 0 saturated carbocycles. The summed E-state index contributed by atoms with van der Waals surface area (Å²) in [7, 11) is 0. The SMILES string of the molecule is FC(F)CN(CCCl)CCOc1ccc(Br)cc1. The van der Waals surface area contributed by atoms with Crippen molar-refractivity contribution in [2.45, 2.75) is 6.43 Å². The summed E-state index contributed by atoms with van der Waals surface area (Å²) in [6, 6.07) is 7.38. The molecule has 0 fully saturated rings. The molecule has 0 bridgehead atoms. The predicted octanol–water partition coefficient (Wildman–Crippen LogP) is 3.63. The molecule has 1 aromatic carbocycles. The Balaban J connectivity index is 2.31. The van der Waals surface area contributed by atoms with Crippen LogP contribution in [-0.2, 0) is 0 Å². The van der Waals surface area contributed by atoms with Crippen LogP contribution in [0.5, 0.6) is 5.75 Å². The molecule has 0 aromatic heterocycles. The molecule has 0 saturated heterocycles. The van der Waals surface area contributed by atoms with E-state index in [-0.39, 0.29) is 6.54 Å².